The van der Waals surface area contributed by atoms with Crippen molar-refractivity contribution in [3.63, 3.8) is 0 Å². The lowest BCUT2D eigenvalue weighted by molar-refractivity contribution is 0.0903. The standard InChI is InChI=1S/C14H22IO3P/c1-10(2)16-7-4-3-5-11-12-6-8-17-13(12)9-14(11)18-19-15/h3,5,11-14,19H,1,4,6-9H2,2H3/b5-3+/t11?,12-,13+,14-/m1/s1. The van der Waals surface area contributed by atoms with E-state index in [2.05, 4.69) is 40.8 Å². The topological polar surface area (TPSA) is 27.7 Å². The third kappa shape index (κ3) is 4.42. The van der Waals surface area contributed by atoms with Gasteiger partial charge in [0.25, 0.3) is 0 Å². The summed E-state index contributed by atoms with van der Waals surface area (Å²) < 4.78 is 17.0. The van der Waals surface area contributed by atoms with Crippen molar-refractivity contribution in [1.82, 2.24) is 0 Å². The molecule has 2 fully saturated rings. The summed E-state index contributed by atoms with van der Waals surface area (Å²) in [6.07, 6.45) is 8.46. The van der Waals surface area contributed by atoms with Gasteiger partial charge in [-0.15, -0.1) is 0 Å². The van der Waals surface area contributed by atoms with Gasteiger partial charge in [0, 0.05) is 18.9 Å². The van der Waals surface area contributed by atoms with Gasteiger partial charge in [0.05, 0.1) is 31.0 Å². The molecular weight excluding hydrogens is 374 g/mol. The molecule has 2 rings (SSSR count). The van der Waals surface area contributed by atoms with E-state index in [1.807, 2.05) is 6.92 Å². The molecule has 0 spiro atoms. The molecule has 3 nitrogen and oxygen atoms in total. The summed E-state index contributed by atoms with van der Waals surface area (Å²) in [5, 5.41) is 0. The van der Waals surface area contributed by atoms with Gasteiger partial charge in [-0.05, 0) is 47.7 Å². The zero-order valence-corrected chi connectivity index (χ0v) is 14.5. The summed E-state index contributed by atoms with van der Waals surface area (Å²) in [6.45, 7) is 7.76. The predicted octanol–water partition coefficient (Wildman–Crippen LogP) is 4.24. The molecule has 19 heavy (non-hydrogen) atoms. The van der Waals surface area contributed by atoms with Crippen LogP contribution in [0.2, 0.25) is 0 Å². The second kappa shape index (κ2) is 7.96. The molecule has 0 aromatic carbocycles. The lowest BCUT2D eigenvalue weighted by Gasteiger charge is -2.19. The van der Waals surface area contributed by atoms with Crippen molar-refractivity contribution in [1.29, 1.82) is 0 Å². The van der Waals surface area contributed by atoms with Gasteiger partial charge in [-0.25, -0.2) is 0 Å². The van der Waals surface area contributed by atoms with Crippen LogP contribution >= 0.6 is 28.5 Å². The Morgan fingerprint density at radius 3 is 3.16 bits per heavy atom. The first-order valence-corrected chi connectivity index (χ1v) is 10.8. The van der Waals surface area contributed by atoms with Gasteiger partial charge in [0.2, 0.25) is 0 Å². The van der Waals surface area contributed by atoms with Gasteiger partial charge < -0.3 is 14.0 Å². The molecule has 0 bridgehead atoms. The van der Waals surface area contributed by atoms with Gasteiger partial charge in [-0.1, -0.05) is 18.7 Å². The van der Waals surface area contributed by atoms with Crippen LogP contribution in [0.25, 0.3) is 0 Å². The Morgan fingerprint density at radius 2 is 2.42 bits per heavy atom. The molecule has 0 amide bonds. The highest BCUT2D eigenvalue weighted by atomic mass is 127. The summed E-state index contributed by atoms with van der Waals surface area (Å²) in [5.74, 6) is 1.95. The van der Waals surface area contributed by atoms with Gasteiger partial charge in [0.15, 0.2) is 0 Å². The molecule has 0 N–H and O–H groups in total. The average molecular weight is 396 g/mol. The molecule has 1 saturated carbocycles. The van der Waals surface area contributed by atoms with E-state index in [4.69, 9.17) is 14.0 Å². The Morgan fingerprint density at radius 1 is 1.58 bits per heavy atom. The average Bonchev–Trinajstić information content (AvgIpc) is 2.91. The number of halogens is 1. The number of rotatable bonds is 7. The molecule has 0 radical (unpaired) electrons. The first-order valence-electron chi connectivity index (χ1n) is 6.80. The monoisotopic (exact) mass is 396 g/mol. The molecule has 0 aromatic rings. The fraction of sp³-hybridized carbons (Fsp3) is 0.714. The van der Waals surface area contributed by atoms with Crippen molar-refractivity contribution >= 4 is 28.5 Å². The van der Waals surface area contributed by atoms with Crippen LogP contribution in [0.15, 0.2) is 24.5 Å². The number of allylic oxidation sites excluding steroid dienone is 1. The van der Waals surface area contributed by atoms with Gasteiger partial charge in [-0.2, -0.15) is 0 Å². The number of hydrogen-bond acceptors (Lipinski definition) is 3. The van der Waals surface area contributed by atoms with Crippen molar-refractivity contribution in [2.45, 2.75) is 38.4 Å². The van der Waals surface area contributed by atoms with E-state index in [0.29, 0.717) is 37.1 Å². The predicted molar refractivity (Wildman–Crippen MR) is 87.7 cm³/mol. The van der Waals surface area contributed by atoms with E-state index in [0.717, 1.165) is 25.2 Å². The van der Waals surface area contributed by atoms with E-state index in [-0.39, 0.29) is 0 Å². The van der Waals surface area contributed by atoms with Gasteiger partial charge >= 0.3 is 0 Å². The Bertz CT molecular complexity index is 335. The molecule has 5 atom stereocenters. The largest absolute Gasteiger partial charge is 0.499 e. The minimum Gasteiger partial charge on any atom is -0.499 e. The Hall–Kier alpha value is 0.360. The first-order chi connectivity index (χ1) is 9.22. The highest BCUT2D eigenvalue weighted by molar-refractivity contribution is 14.2. The van der Waals surface area contributed by atoms with Crippen LogP contribution in [-0.2, 0) is 14.0 Å². The maximum absolute atomic E-state index is 5.88. The van der Waals surface area contributed by atoms with Crippen LogP contribution in [0, 0.1) is 11.8 Å². The Kier molecular flexibility index (Phi) is 6.60. The molecular formula is C14H22IO3P. The van der Waals surface area contributed by atoms with Gasteiger partial charge in [0.1, 0.15) is 0 Å². The lowest BCUT2D eigenvalue weighted by atomic mass is 9.92. The molecule has 1 aliphatic heterocycles. The zero-order chi connectivity index (χ0) is 13.7. The molecule has 108 valence electrons. The van der Waals surface area contributed by atoms with Crippen molar-refractivity contribution < 1.29 is 14.0 Å². The second-order valence-electron chi connectivity index (χ2n) is 5.18. The van der Waals surface area contributed by atoms with E-state index in [1.54, 1.807) is 0 Å². The quantitative estimate of drug-likeness (QED) is 0.212. The molecule has 5 heteroatoms. The van der Waals surface area contributed by atoms with E-state index < -0.39 is 0 Å². The van der Waals surface area contributed by atoms with Crippen LogP contribution < -0.4 is 0 Å². The lowest BCUT2D eigenvalue weighted by Crippen LogP contribution is -2.18. The minimum absolute atomic E-state index is 0.337. The van der Waals surface area contributed by atoms with Crippen LogP contribution in [0.1, 0.15) is 26.2 Å². The van der Waals surface area contributed by atoms with Crippen molar-refractivity contribution in [2.24, 2.45) is 11.8 Å². The van der Waals surface area contributed by atoms with Crippen LogP contribution in [-0.4, -0.2) is 25.4 Å². The smallest absolute Gasteiger partial charge is 0.0911 e. The van der Waals surface area contributed by atoms with E-state index in [9.17, 15) is 0 Å². The molecule has 2 aliphatic rings. The third-order valence-corrected chi connectivity index (χ3v) is 4.99. The van der Waals surface area contributed by atoms with E-state index in [1.165, 1.54) is 6.42 Å². The third-order valence-electron chi connectivity index (χ3n) is 3.84. The van der Waals surface area contributed by atoms with Crippen molar-refractivity contribution in [3.8, 4) is 0 Å². The van der Waals surface area contributed by atoms with Gasteiger partial charge in [-0.3, -0.25) is 0 Å². The van der Waals surface area contributed by atoms with E-state index >= 15 is 0 Å². The minimum atomic E-state index is 0.337. The molecule has 2 unspecified atom stereocenters. The maximum Gasteiger partial charge on any atom is 0.0911 e. The van der Waals surface area contributed by atoms with Crippen LogP contribution in [0.3, 0.4) is 0 Å². The number of ether oxygens (including phenoxy) is 2. The normalized spacial score (nSPS) is 34.4. The molecule has 1 saturated heterocycles. The number of fused-ring (bicyclic) bond motifs is 1. The van der Waals surface area contributed by atoms with Crippen LogP contribution in [0.4, 0.5) is 0 Å². The molecule has 1 heterocycles. The fourth-order valence-corrected chi connectivity index (χ4v) is 4.36. The second-order valence-corrected chi connectivity index (χ2v) is 6.89. The van der Waals surface area contributed by atoms with Crippen molar-refractivity contribution in [2.75, 3.05) is 13.2 Å². The highest BCUT2D eigenvalue weighted by Gasteiger charge is 2.45. The van der Waals surface area contributed by atoms with Crippen molar-refractivity contribution in [3.05, 3.63) is 24.5 Å². The summed E-state index contributed by atoms with van der Waals surface area (Å²) >= 11 is 2.30. The first kappa shape index (κ1) is 15.7. The Labute approximate surface area is 130 Å². The summed E-state index contributed by atoms with van der Waals surface area (Å²) in [6, 6.07) is 0. The summed E-state index contributed by atoms with van der Waals surface area (Å²) in [4.78, 5) is 0. The highest BCUT2D eigenvalue weighted by Crippen LogP contribution is 2.45. The summed E-state index contributed by atoms with van der Waals surface area (Å²) in [5.41, 5.74) is 0. The zero-order valence-electron chi connectivity index (χ0n) is 11.3. The molecule has 0 aromatic heterocycles. The van der Waals surface area contributed by atoms with Crippen LogP contribution in [0.5, 0.6) is 0 Å². The maximum atomic E-state index is 5.88. The Balaban J connectivity index is 1.84. The summed E-state index contributed by atoms with van der Waals surface area (Å²) in [7, 11) is 0. The molecule has 1 aliphatic carbocycles. The number of hydrogen-bond donors (Lipinski definition) is 0. The fourth-order valence-electron chi connectivity index (χ4n) is 3.02. The SMILES string of the molecule is C=C(C)OCC/C=C/C1[C@H]2CCO[C@H]2C[C@H]1OPI.